The SMILES string of the molecule is CCNC1CCC(OCCc2ccccn2)CC1. The van der Waals surface area contributed by atoms with Crippen molar-refractivity contribution >= 4 is 0 Å². The summed E-state index contributed by atoms with van der Waals surface area (Å²) in [6.07, 6.45) is 8.12. The molecule has 0 spiro atoms. The monoisotopic (exact) mass is 248 g/mol. The van der Waals surface area contributed by atoms with E-state index >= 15 is 0 Å². The van der Waals surface area contributed by atoms with Gasteiger partial charge in [0.2, 0.25) is 0 Å². The molecule has 3 heteroatoms. The molecule has 0 saturated heterocycles. The van der Waals surface area contributed by atoms with E-state index in [1.807, 2.05) is 18.3 Å². The largest absolute Gasteiger partial charge is 0.378 e. The molecule has 0 aliphatic heterocycles. The maximum absolute atomic E-state index is 5.95. The van der Waals surface area contributed by atoms with E-state index in [4.69, 9.17) is 4.74 Å². The first kappa shape index (κ1) is 13.5. The molecular formula is C15H24N2O. The standard InChI is InChI=1S/C15H24N2O/c1-2-16-14-6-8-15(9-7-14)18-12-10-13-5-3-4-11-17-13/h3-5,11,14-16H,2,6-10,12H2,1H3. The second-order valence-corrected chi connectivity index (χ2v) is 4.97. The van der Waals surface area contributed by atoms with Crippen molar-refractivity contribution in [2.24, 2.45) is 0 Å². The van der Waals surface area contributed by atoms with E-state index in [1.54, 1.807) is 0 Å². The molecule has 0 amide bonds. The quantitative estimate of drug-likeness (QED) is 0.840. The van der Waals surface area contributed by atoms with Crippen molar-refractivity contribution in [1.29, 1.82) is 0 Å². The summed E-state index contributed by atoms with van der Waals surface area (Å²) in [7, 11) is 0. The average molecular weight is 248 g/mol. The van der Waals surface area contributed by atoms with Crippen LogP contribution in [0.25, 0.3) is 0 Å². The van der Waals surface area contributed by atoms with Crippen LogP contribution < -0.4 is 5.32 Å². The minimum atomic E-state index is 0.462. The van der Waals surface area contributed by atoms with Gasteiger partial charge in [-0.15, -0.1) is 0 Å². The maximum atomic E-state index is 5.95. The van der Waals surface area contributed by atoms with Crippen LogP contribution in [0.1, 0.15) is 38.3 Å². The molecule has 0 atom stereocenters. The molecule has 0 unspecified atom stereocenters. The maximum Gasteiger partial charge on any atom is 0.0576 e. The Morgan fingerprint density at radius 2 is 2.11 bits per heavy atom. The Labute approximate surface area is 110 Å². The Hall–Kier alpha value is -0.930. The van der Waals surface area contributed by atoms with Gasteiger partial charge in [-0.2, -0.15) is 0 Å². The molecule has 1 saturated carbocycles. The fourth-order valence-corrected chi connectivity index (χ4v) is 2.60. The summed E-state index contributed by atoms with van der Waals surface area (Å²) in [6, 6.07) is 6.76. The van der Waals surface area contributed by atoms with Gasteiger partial charge in [0.05, 0.1) is 12.7 Å². The summed E-state index contributed by atoms with van der Waals surface area (Å²) in [4.78, 5) is 4.31. The van der Waals surface area contributed by atoms with Gasteiger partial charge >= 0.3 is 0 Å². The molecule has 1 N–H and O–H groups in total. The molecule has 2 rings (SSSR count). The zero-order valence-corrected chi connectivity index (χ0v) is 11.3. The first-order valence-corrected chi connectivity index (χ1v) is 7.13. The fourth-order valence-electron chi connectivity index (χ4n) is 2.60. The summed E-state index contributed by atoms with van der Waals surface area (Å²) in [5.74, 6) is 0. The number of hydrogen-bond donors (Lipinski definition) is 1. The second-order valence-electron chi connectivity index (χ2n) is 4.97. The van der Waals surface area contributed by atoms with Crippen molar-refractivity contribution in [3.63, 3.8) is 0 Å². The highest BCUT2D eigenvalue weighted by molar-refractivity contribution is 5.03. The molecule has 0 aromatic carbocycles. The first-order valence-electron chi connectivity index (χ1n) is 7.13. The van der Waals surface area contributed by atoms with E-state index < -0.39 is 0 Å². The lowest BCUT2D eigenvalue weighted by Gasteiger charge is -2.28. The number of nitrogens with one attached hydrogen (secondary N) is 1. The van der Waals surface area contributed by atoms with Crippen LogP contribution in [0.5, 0.6) is 0 Å². The third-order valence-electron chi connectivity index (χ3n) is 3.60. The highest BCUT2D eigenvalue weighted by Crippen LogP contribution is 2.21. The number of aromatic nitrogens is 1. The average Bonchev–Trinajstić information content (AvgIpc) is 2.42. The Kier molecular flexibility index (Phi) is 5.62. The minimum absolute atomic E-state index is 0.462. The number of rotatable bonds is 6. The predicted octanol–water partition coefficient (Wildman–Crippen LogP) is 2.56. The second kappa shape index (κ2) is 7.49. The lowest BCUT2D eigenvalue weighted by Crippen LogP contribution is -2.35. The molecule has 1 aliphatic carbocycles. The van der Waals surface area contributed by atoms with E-state index in [0.29, 0.717) is 12.1 Å². The summed E-state index contributed by atoms with van der Waals surface area (Å²) in [6.45, 7) is 4.05. The van der Waals surface area contributed by atoms with E-state index in [1.165, 1.54) is 25.7 Å². The molecule has 0 radical (unpaired) electrons. The minimum Gasteiger partial charge on any atom is -0.378 e. The summed E-state index contributed by atoms with van der Waals surface area (Å²) < 4.78 is 5.95. The summed E-state index contributed by atoms with van der Waals surface area (Å²) in [5.41, 5.74) is 1.12. The Morgan fingerprint density at radius 3 is 2.78 bits per heavy atom. The predicted molar refractivity (Wildman–Crippen MR) is 73.6 cm³/mol. The topological polar surface area (TPSA) is 34.1 Å². The van der Waals surface area contributed by atoms with Gasteiger partial charge in [-0.1, -0.05) is 13.0 Å². The van der Waals surface area contributed by atoms with Crippen LogP contribution in [0.2, 0.25) is 0 Å². The van der Waals surface area contributed by atoms with Crippen molar-refractivity contribution in [2.45, 2.75) is 51.2 Å². The molecule has 18 heavy (non-hydrogen) atoms. The van der Waals surface area contributed by atoms with Gasteiger partial charge in [-0.3, -0.25) is 4.98 Å². The van der Waals surface area contributed by atoms with Crippen molar-refractivity contribution in [3.05, 3.63) is 30.1 Å². The molecular weight excluding hydrogens is 224 g/mol. The lowest BCUT2D eigenvalue weighted by atomic mass is 9.93. The number of ether oxygens (including phenoxy) is 1. The molecule has 1 aromatic heterocycles. The van der Waals surface area contributed by atoms with Gasteiger partial charge in [0.25, 0.3) is 0 Å². The van der Waals surface area contributed by atoms with E-state index in [9.17, 15) is 0 Å². The van der Waals surface area contributed by atoms with Crippen LogP contribution in [-0.4, -0.2) is 30.3 Å². The van der Waals surface area contributed by atoms with Crippen molar-refractivity contribution in [1.82, 2.24) is 10.3 Å². The molecule has 1 heterocycles. The normalized spacial score (nSPS) is 24.1. The molecule has 100 valence electrons. The Bertz CT molecular complexity index is 321. The molecule has 1 aromatic rings. The van der Waals surface area contributed by atoms with E-state index in [0.717, 1.165) is 25.3 Å². The summed E-state index contributed by atoms with van der Waals surface area (Å²) in [5, 5.41) is 3.52. The van der Waals surface area contributed by atoms with Gasteiger partial charge in [-0.05, 0) is 44.4 Å². The van der Waals surface area contributed by atoms with E-state index in [2.05, 4.69) is 23.3 Å². The van der Waals surface area contributed by atoms with Gasteiger partial charge < -0.3 is 10.1 Å². The Morgan fingerprint density at radius 1 is 1.28 bits per heavy atom. The number of pyridine rings is 1. The van der Waals surface area contributed by atoms with Crippen LogP contribution in [0.15, 0.2) is 24.4 Å². The zero-order chi connectivity index (χ0) is 12.6. The molecule has 1 fully saturated rings. The molecule has 0 bridgehead atoms. The molecule has 3 nitrogen and oxygen atoms in total. The third kappa shape index (κ3) is 4.39. The lowest BCUT2D eigenvalue weighted by molar-refractivity contribution is 0.0241. The number of hydrogen-bond acceptors (Lipinski definition) is 3. The van der Waals surface area contributed by atoms with Crippen LogP contribution in [0.3, 0.4) is 0 Å². The van der Waals surface area contributed by atoms with Gasteiger partial charge in [0.15, 0.2) is 0 Å². The van der Waals surface area contributed by atoms with Crippen LogP contribution in [0, 0.1) is 0 Å². The fraction of sp³-hybridized carbons (Fsp3) is 0.667. The first-order chi connectivity index (χ1) is 8.88. The van der Waals surface area contributed by atoms with Crippen LogP contribution in [0.4, 0.5) is 0 Å². The van der Waals surface area contributed by atoms with Crippen LogP contribution >= 0.6 is 0 Å². The summed E-state index contributed by atoms with van der Waals surface area (Å²) >= 11 is 0. The highest BCUT2D eigenvalue weighted by atomic mass is 16.5. The van der Waals surface area contributed by atoms with Gasteiger partial charge in [0, 0.05) is 24.4 Å². The zero-order valence-electron chi connectivity index (χ0n) is 11.3. The number of nitrogens with zero attached hydrogens (tertiary/aromatic N) is 1. The smallest absolute Gasteiger partial charge is 0.0576 e. The highest BCUT2D eigenvalue weighted by Gasteiger charge is 2.20. The van der Waals surface area contributed by atoms with Crippen molar-refractivity contribution in [3.8, 4) is 0 Å². The van der Waals surface area contributed by atoms with Crippen molar-refractivity contribution in [2.75, 3.05) is 13.2 Å². The third-order valence-corrected chi connectivity index (χ3v) is 3.60. The van der Waals surface area contributed by atoms with E-state index in [-0.39, 0.29) is 0 Å². The molecule has 1 aliphatic rings. The van der Waals surface area contributed by atoms with Crippen molar-refractivity contribution < 1.29 is 4.74 Å². The van der Waals surface area contributed by atoms with Gasteiger partial charge in [-0.25, -0.2) is 0 Å². The Balaban J connectivity index is 1.61. The van der Waals surface area contributed by atoms with Gasteiger partial charge in [0.1, 0.15) is 0 Å². The van der Waals surface area contributed by atoms with Crippen LogP contribution in [-0.2, 0) is 11.2 Å².